The second kappa shape index (κ2) is 5.72. The van der Waals surface area contributed by atoms with Crippen molar-refractivity contribution in [1.82, 2.24) is 0 Å². The number of aryl methyl sites for hydroxylation is 2. The molecule has 0 spiro atoms. The molecule has 2 aromatic carbocycles. The first-order valence-electron chi connectivity index (χ1n) is 5.85. The van der Waals surface area contributed by atoms with Crippen LogP contribution in [0.15, 0.2) is 40.1 Å². The molecule has 0 amide bonds. The van der Waals surface area contributed by atoms with Crippen LogP contribution in [-0.4, -0.2) is 5.11 Å². The highest BCUT2D eigenvalue weighted by Gasteiger charge is 2.13. The van der Waals surface area contributed by atoms with Gasteiger partial charge in [0.05, 0.1) is 11.5 Å². The second-order valence-corrected chi connectivity index (χ2v) is 5.47. The summed E-state index contributed by atoms with van der Waals surface area (Å²) in [6.07, 6.45) is 0. The van der Waals surface area contributed by atoms with Crippen LogP contribution in [0.5, 0.6) is 0 Å². The first-order chi connectivity index (χ1) is 9.01. The van der Waals surface area contributed by atoms with Gasteiger partial charge in [0.25, 0.3) is 0 Å². The molecule has 0 saturated carbocycles. The fraction of sp³-hybridized carbons (Fsp3) is 0.200. The third-order valence-electron chi connectivity index (χ3n) is 2.80. The average Bonchev–Trinajstić information content (AvgIpc) is 2.37. The summed E-state index contributed by atoms with van der Waals surface area (Å²) in [5, 5.41) is 8.91. The third kappa shape index (κ3) is 3.14. The van der Waals surface area contributed by atoms with Gasteiger partial charge in [-0.3, -0.25) is 0 Å². The molecule has 1 nitrogen and oxygen atoms in total. The maximum Gasteiger partial charge on any atom is 0.140 e. The quantitative estimate of drug-likeness (QED) is 0.908. The second-order valence-electron chi connectivity index (χ2n) is 4.42. The van der Waals surface area contributed by atoms with E-state index in [9.17, 15) is 8.78 Å². The van der Waals surface area contributed by atoms with E-state index in [1.807, 2.05) is 32.0 Å². The first-order valence-corrected chi connectivity index (χ1v) is 6.67. The molecule has 0 aliphatic heterocycles. The van der Waals surface area contributed by atoms with Crippen molar-refractivity contribution in [2.24, 2.45) is 0 Å². The van der Waals surface area contributed by atoms with Crippen LogP contribution in [-0.2, 0) is 6.61 Å². The maximum atomic E-state index is 13.8. The van der Waals surface area contributed by atoms with Gasteiger partial charge >= 0.3 is 0 Å². The van der Waals surface area contributed by atoms with Gasteiger partial charge in [-0.2, -0.15) is 0 Å². The third-order valence-corrected chi connectivity index (χ3v) is 4.05. The van der Waals surface area contributed by atoms with E-state index >= 15 is 0 Å². The fourth-order valence-electron chi connectivity index (χ4n) is 1.73. The molecular formula is C15H14F2OS. The topological polar surface area (TPSA) is 20.2 Å². The van der Waals surface area contributed by atoms with Crippen molar-refractivity contribution in [3.05, 3.63) is 58.7 Å². The zero-order chi connectivity index (χ0) is 14.0. The number of aliphatic hydroxyl groups excluding tert-OH is 1. The van der Waals surface area contributed by atoms with E-state index in [-0.39, 0.29) is 17.1 Å². The molecular weight excluding hydrogens is 266 g/mol. The monoisotopic (exact) mass is 280 g/mol. The van der Waals surface area contributed by atoms with Crippen LogP contribution >= 0.6 is 11.8 Å². The number of rotatable bonds is 3. The zero-order valence-electron chi connectivity index (χ0n) is 10.7. The molecule has 0 aliphatic carbocycles. The Morgan fingerprint density at radius 3 is 2.26 bits per heavy atom. The highest BCUT2D eigenvalue weighted by atomic mass is 32.2. The largest absolute Gasteiger partial charge is 0.392 e. The average molecular weight is 280 g/mol. The molecule has 0 saturated heterocycles. The number of halogens is 2. The van der Waals surface area contributed by atoms with Crippen molar-refractivity contribution in [3.8, 4) is 0 Å². The maximum absolute atomic E-state index is 13.8. The van der Waals surface area contributed by atoms with Crippen molar-refractivity contribution in [1.29, 1.82) is 0 Å². The molecule has 0 bridgehead atoms. The highest BCUT2D eigenvalue weighted by molar-refractivity contribution is 7.99. The van der Waals surface area contributed by atoms with Gasteiger partial charge in [-0.25, -0.2) is 8.78 Å². The van der Waals surface area contributed by atoms with E-state index in [1.165, 1.54) is 0 Å². The number of hydrogen-bond acceptors (Lipinski definition) is 2. The number of benzene rings is 2. The van der Waals surface area contributed by atoms with E-state index < -0.39 is 11.6 Å². The molecule has 2 rings (SSSR count). The van der Waals surface area contributed by atoms with Crippen LogP contribution < -0.4 is 0 Å². The molecule has 0 aliphatic rings. The van der Waals surface area contributed by atoms with Crippen LogP contribution in [0, 0.1) is 25.5 Å². The van der Waals surface area contributed by atoms with E-state index in [0.29, 0.717) is 0 Å². The Kier molecular flexibility index (Phi) is 4.22. The van der Waals surface area contributed by atoms with Gasteiger partial charge in [-0.15, -0.1) is 0 Å². The Morgan fingerprint density at radius 2 is 1.68 bits per heavy atom. The molecule has 19 heavy (non-hydrogen) atoms. The van der Waals surface area contributed by atoms with E-state index in [2.05, 4.69) is 0 Å². The minimum Gasteiger partial charge on any atom is -0.392 e. The number of aliphatic hydroxyl groups is 1. The summed E-state index contributed by atoms with van der Waals surface area (Å²) in [7, 11) is 0. The van der Waals surface area contributed by atoms with Gasteiger partial charge in [-0.05, 0) is 48.7 Å². The summed E-state index contributed by atoms with van der Waals surface area (Å²) < 4.78 is 27.7. The predicted molar refractivity (Wildman–Crippen MR) is 72.3 cm³/mol. The lowest BCUT2D eigenvalue weighted by atomic mass is 10.2. The standard InChI is InChI=1S/C15H14F2OS/c1-9-3-4-10(2)14(5-9)19-15-12(16)6-11(8-18)7-13(15)17/h3-7,18H,8H2,1-2H3. The van der Waals surface area contributed by atoms with Crippen molar-refractivity contribution in [2.45, 2.75) is 30.2 Å². The summed E-state index contributed by atoms with van der Waals surface area (Å²) in [5.74, 6) is -1.29. The Hall–Kier alpha value is -1.39. The SMILES string of the molecule is Cc1ccc(C)c(Sc2c(F)cc(CO)cc2F)c1. The van der Waals surface area contributed by atoms with Gasteiger partial charge in [0.2, 0.25) is 0 Å². The van der Waals surface area contributed by atoms with Gasteiger partial charge in [0.1, 0.15) is 11.6 Å². The molecule has 0 radical (unpaired) electrons. The summed E-state index contributed by atoms with van der Waals surface area (Å²) in [4.78, 5) is 0.792. The van der Waals surface area contributed by atoms with E-state index in [0.717, 1.165) is 39.9 Å². The summed E-state index contributed by atoms with van der Waals surface area (Å²) in [6.45, 7) is 3.47. The minimum atomic E-state index is -0.644. The first kappa shape index (κ1) is 14.0. The lowest BCUT2D eigenvalue weighted by Gasteiger charge is -2.09. The van der Waals surface area contributed by atoms with Crippen LogP contribution in [0.1, 0.15) is 16.7 Å². The van der Waals surface area contributed by atoms with E-state index in [4.69, 9.17) is 5.11 Å². The van der Waals surface area contributed by atoms with Crippen LogP contribution in [0.3, 0.4) is 0 Å². The molecule has 0 unspecified atom stereocenters. The van der Waals surface area contributed by atoms with Gasteiger partial charge < -0.3 is 5.11 Å². The van der Waals surface area contributed by atoms with Crippen molar-refractivity contribution in [3.63, 3.8) is 0 Å². The fourth-order valence-corrected chi connectivity index (χ4v) is 2.74. The number of hydrogen-bond donors (Lipinski definition) is 1. The summed E-state index contributed by atoms with van der Waals surface area (Å²) in [5.41, 5.74) is 2.25. The Morgan fingerprint density at radius 1 is 1.05 bits per heavy atom. The van der Waals surface area contributed by atoms with Gasteiger partial charge in [0.15, 0.2) is 0 Å². The van der Waals surface area contributed by atoms with Crippen molar-refractivity contribution in [2.75, 3.05) is 0 Å². The summed E-state index contributed by atoms with van der Waals surface area (Å²) in [6, 6.07) is 8.11. The van der Waals surface area contributed by atoms with Crippen molar-refractivity contribution < 1.29 is 13.9 Å². The zero-order valence-corrected chi connectivity index (χ0v) is 11.5. The Bertz CT molecular complexity index is 588. The molecule has 0 aromatic heterocycles. The molecule has 100 valence electrons. The molecule has 1 N–H and O–H groups in total. The van der Waals surface area contributed by atoms with Crippen molar-refractivity contribution >= 4 is 11.8 Å². The van der Waals surface area contributed by atoms with Gasteiger partial charge in [0, 0.05) is 4.90 Å². The molecule has 4 heteroatoms. The van der Waals surface area contributed by atoms with Crippen LogP contribution in [0.2, 0.25) is 0 Å². The predicted octanol–water partition coefficient (Wildman–Crippen LogP) is 4.23. The van der Waals surface area contributed by atoms with Crippen LogP contribution in [0.4, 0.5) is 8.78 Å². The highest BCUT2D eigenvalue weighted by Crippen LogP contribution is 2.35. The Balaban J connectivity index is 2.41. The normalized spacial score (nSPS) is 10.8. The molecule has 2 aromatic rings. The lowest BCUT2D eigenvalue weighted by molar-refractivity contribution is 0.280. The van der Waals surface area contributed by atoms with Gasteiger partial charge in [-0.1, -0.05) is 23.9 Å². The smallest absolute Gasteiger partial charge is 0.140 e. The molecule has 0 fully saturated rings. The minimum absolute atomic E-state index is 0.0362. The Labute approximate surface area is 115 Å². The summed E-state index contributed by atoms with van der Waals surface area (Å²) >= 11 is 1.07. The van der Waals surface area contributed by atoms with Crippen LogP contribution in [0.25, 0.3) is 0 Å². The lowest BCUT2D eigenvalue weighted by Crippen LogP contribution is -1.93. The van der Waals surface area contributed by atoms with E-state index in [1.54, 1.807) is 0 Å². The molecule has 0 heterocycles. The molecule has 0 atom stereocenters.